The molecule has 4 rings (SSSR count). The van der Waals surface area contributed by atoms with Gasteiger partial charge in [-0.3, -0.25) is 14.4 Å². The highest BCUT2D eigenvalue weighted by molar-refractivity contribution is 6.32. The molecule has 4 N–H and O–H groups in total. The molecule has 0 aromatic heterocycles. The fourth-order valence-electron chi connectivity index (χ4n) is 3.09. The van der Waals surface area contributed by atoms with Gasteiger partial charge in [0.05, 0.1) is 22.5 Å². The lowest BCUT2D eigenvalue weighted by molar-refractivity contribution is -0.117. The van der Waals surface area contributed by atoms with Crippen LogP contribution in [0.25, 0.3) is 11.4 Å². The molecule has 0 saturated heterocycles. The minimum atomic E-state index is -0.590. The van der Waals surface area contributed by atoms with E-state index in [-0.39, 0.29) is 16.7 Å². The van der Waals surface area contributed by atoms with Crippen molar-refractivity contribution in [2.24, 2.45) is 5.73 Å². The molecule has 7 heteroatoms. The van der Waals surface area contributed by atoms with Crippen molar-refractivity contribution in [3.05, 3.63) is 81.4 Å². The molecular weight excluding hydrogens is 354 g/mol. The summed E-state index contributed by atoms with van der Waals surface area (Å²) in [5.74, 6) is -1.38. The number of carbonyl (C=O) groups is 3. The van der Waals surface area contributed by atoms with Gasteiger partial charge in [-0.2, -0.15) is 0 Å². The van der Waals surface area contributed by atoms with Crippen molar-refractivity contribution in [3.63, 3.8) is 0 Å². The molecule has 26 heavy (non-hydrogen) atoms. The maximum atomic E-state index is 12.5. The van der Waals surface area contributed by atoms with E-state index in [0.717, 1.165) is 0 Å². The van der Waals surface area contributed by atoms with E-state index in [1.54, 1.807) is 48.5 Å². The summed E-state index contributed by atoms with van der Waals surface area (Å²) in [6.45, 7) is 0. The molecule has 0 saturated carbocycles. The van der Waals surface area contributed by atoms with Gasteiger partial charge in [-0.1, -0.05) is 35.9 Å². The number of benzene rings is 2. The summed E-state index contributed by atoms with van der Waals surface area (Å²) in [6, 6.07) is 13.3. The molecule has 0 unspecified atom stereocenters. The highest BCUT2D eigenvalue weighted by Gasteiger charge is 2.40. The standard InChI is InChI=1S/C19H12ClN3O3/c20-12-6-2-4-10(8-12)16-14-13(18(25)23-16)15(22-19(14)26)9-3-1-5-11(7-9)17(21)24/h1-8H,(H2,21,24)(H,22,26)(H,23,25). The minimum Gasteiger partial charge on any atom is -0.366 e. The van der Waals surface area contributed by atoms with Gasteiger partial charge in [-0.05, 0) is 29.8 Å². The summed E-state index contributed by atoms with van der Waals surface area (Å²) in [6.07, 6.45) is 0. The van der Waals surface area contributed by atoms with Crippen molar-refractivity contribution >= 4 is 40.7 Å². The third kappa shape index (κ3) is 2.48. The first-order valence-electron chi connectivity index (χ1n) is 7.73. The lowest BCUT2D eigenvalue weighted by Gasteiger charge is -2.08. The second-order valence-corrected chi connectivity index (χ2v) is 6.30. The Morgan fingerprint density at radius 2 is 1.38 bits per heavy atom. The second-order valence-electron chi connectivity index (χ2n) is 5.86. The quantitative estimate of drug-likeness (QED) is 0.773. The van der Waals surface area contributed by atoms with Crippen LogP contribution in [0.15, 0.2) is 59.7 Å². The number of rotatable bonds is 3. The molecule has 0 atom stereocenters. The number of amides is 3. The van der Waals surface area contributed by atoms with Crippen LogP contribution in [0.3, 0.4) is 0 Å². The topological polar surface area (TPSA) is 101 Å². The third-order valence-corrected chi connectivity index (χ3v) is 4.47. The van der Waals surface area contributed by atoms with Crippen LogP contribution in [-0.2, 0) is 9.59 Å². The van der Waals surface area contributed by atoms with Crippen LogP contribution in [0.5, 0.6) is 0 Å². The highest BCUT2D eigenvalue weighted by Crippen LogP contribution is 2.37. The van der Waals surface area contributed by atoms with Gasteiger partial charge in [0.2, 0.25) is 5.91 Å². The highest BCUT2D eigenvalue weighted by atomic mass is 35.5. The lowest BCUT2D eigenvalue weighted by atomic mass is 10.0. The van der Waals surface area contributed by atoms with Crippen molar-refractivity contribution in [3.8, 4) is 0 Å². The summed E-state index contributed by atoms with van der Waals surface area (Å²) in [5, 5.41) is 5.95. The summed E-state index contributed by atoms with van der Waals surface area (Å²) >= 11 is 6.02. The number of hydrogen-bond acceptors (Lipinski definition) is 3. The summed E-state index contributed by atoms with van der Waals surface area (Å²) in [4.78, 5) is 36.5. The molecule has 128 valence electrons. The summed E-state index contributed by atoms with van der Waals surface area (Å²) in [5.41, 5.74) is 8.03. The number of hydrogen-bond donors (Lipinski definition) is 3. The summed E-state index contributed by atoms with van der Waals surface area (Å²) < 4.78 is 0. The zero-order chi connectivity index (χ0) is 18.4. The van der Waals surface area contributed by atoms with E-state index in [0.29, 0.717) is 27.5 Å². The molecule has 0 spiro atoms. The Morgan fingerprint density at radius 3 is 1.92 bits per heavy atom. The number of halogens is 1. The first-order chi connectivity index (χ1) is 12.5. The molecule has 0 bridgehead atoms. The van der Waals surface area contributed by atoms with E-state index in [1.807, 2.05) is 0 Å². The molecule has 6 nitrogen and oxygen atoms in total. The number of fused-ring (bicyclic) bond motifs is 1. The van der Waals surface area contributed by atoms with Gasteiger partial charge in [0.15, 0.2) is 0 Å². The van der Waals surface area contributed by atoms with Crippen molar-refractivity contribution in [1.82, 2.24) is 10.6 Å². The van der Waals surface area contributed by atoms with Gasteiger partial charge in [0.1, 0.15) is 0 Å². The SMILES string of the molecule is NC(=O)c1cccc(C2=C3C(=O)NC(c4cccc(Cl)c4)=C3C(=O)N2)c1. The Morgan fingerprint density at radius 1 is 0.846 bits per heavy atom. The number of primary amides is 1. The second kappa shape index (κ2) is 5.86. The third-order valence-electron chi connectivity index (χ3n) is 4.23. The van der Waals surface area contributed by atoms with Crippen LogP contribution in [0.1, 0.15) is 21.5 Å². The van der Waals surface area contributed by atoms with Crippen molar-refractivity contribution < 1.29 is 14.4 Å². The first kappa shape index (κ1) is 16.1. The first-order valence-corrected chi connectivity index (χ1v) is 8.11. The average Bonchev–Trinajstić information content (AvgIpc) is 3.14. The van der Waals surface area contributed by atoms with Gasteiger partial charge in [-0.15, -0.1) is 0 Å². The Kier molecular flexibility index (Phi) is 3.63. The zero-order valence-corrected chi connectivity index (χ0v) is 14.1. The molecular formula is C19H12ClN3O3. The van der Waals surface area contributed by atoms with Crippen LogP contribution >= 0.6 is 11.6 Å². The Hall–Kier alpha value is -3.38. The number of nitrogens with one attached hydrogen (secondary N) is 2. The minimum absolute atomic E-state index is 0.242. The van der Waals surface area contributed by atoms with E-state index >= 15 is 0 Å². The molecule has 0 fully saturated rings. The monoisotopic (exact) mass is 365 g/mol. The molecule has 2 aliphatic heterocycles. The van der Waals surface area contributed by atoms with E-state index in [1.165, 1.54) is 0 Å². The van der Waals surface area contributed by atoms with Crippen molar-refractivity contribution in [2.75, 3.05) is 0 Å². The van der Waals surface area contributed by atoms with Crippen LogP contribution < -0.4 is 16.4 Å². The van der Waals surface area contributed by atoms with Crippen molar-refractivity contribution in [1.29, 1.82) is 0 Å². The zero-order valence-electron chi connectivity index (χ0n) is 13.3. The number of carbonyl (C=O) groups excluding carboxylic acids is 3. The van der Waals surface area contributed by atoms with Gasteiger partial charge in [0, 0.05) is 16.1 Å². The van der Waals surface area contributed by atoms with Crippen LogP contribution in [0.4, 0.5) is 0 Å². The van der Waals surface area contributed by atoms with E-state index in [9.17, 15) is 14.4 Å². The van der Waals surface area contributed by atoms with Gasteiger partial charge in [0.25, 0.3) is 11.8 Å². The molecule has 2 aromatic carbocycles. The van der Waals surface area contributed by atoms with Gasteiger partial charge in [-0.25, -0.2) is 0 Å². The van der Waals surface area contributed by atoms with Crippen LogP contribution in [-0.4, -0.2) is 17.7 Å². The van der Waals surface area contributed by atoms with Crippen molar-refractivity contribution in [2.45, 2.75) is 0 Å². The maximum absolute atomic E-state index is 12.5. The normalized spacial score (nSPS) is 15.9. The fourth-order valence-corrected chi connectivity index (χ4v) is 3.28. The maximum Gasteiger partial charge on any atom is 0.258 e. The molecule has 2 aliphatic rings. The fraction of sp³-hybridized carbons (Fsp3) is 0. The molecule has 0 radical (unpaired) electrons. The Balaban J connectivity index is 1.90. The van der Waals surface area contributed by atoms with Gasteiger partial charge >= 0.3 is 0 Å². The lowest BCUT2D eigenvalue weighted by Crippen LogP contribution is -2.21. The Labute approximate surface area is 153 Å². The predicted molar refractivity (Wildman–Crippen MR) is 96.5 cm³/mol. The summed E-state index contributed by atoms with van der Waals surface area (Å²) in [7, 11) is 0. The molecule has 0 aliphatic carbocycles. The predicted octanol–water partition coefficient (Wildman–Crippen LogP) is 1.82. The van der Waals surface area contributed by atoms with Crippen LogP contribution in [0, 0.1) is 0 Å². The van der Waals surface area contributed by atoms with Gasteiger partial charge < -0.3 is 16.4 Å². The average molecular weight is 366 g/mol. The molecule has 2 heterocycles. The molecule has 2 aromatic rings. The van der Waals surface area contributed by atoms with E-state index in [4.69, 9.17) is 17.3 Å². The van der Waals surface area contributed by atoms with E-state index in [2.05, 4.69) is 10.6 Å². The number of nitrogens with two attached hydrogens (primary N) is 1. The van der Waals surface area contributed by atoms with Crippen LogP contribution in [0.2, 0.25) is 5.02 Å². The molecule has 3 amide bonds. The smallest absolute Gasteiger partial charge is 0.258 e. The Bertz CT molecular complexity index is 1070. The van der Waals surface area contributed by atoms with E-state index < -0.39 is 17.7 Å². The largest absolute Gasteiger partial charge is 0.366 e.